The highest BCUT2D eigenvalue weighted by Gasteiger charge is 2.17. The molecule has 2 heterocycles. The van der Waals surface area contributed by atoms with Crippen LogP contribution in [0.15, 0.2) is 28.7 Å². The van der Waals surface area contributed by atoms with Crippen LogP contribution in [-0.4, -0.2) is 4.98 Å². The van der Waals surface area contributed by atoms with Gasteiger partial charge in [0.25, 0.3) is 0 Å². The minimum atomic E-state index is 0.616. The fraction of sp³-hybridized carbons (Fsp3) is 0.154. The first-order valence-corrected chi connectivity index (χ1v) is 6.20. The van der Waals surface area contributed by atoms with Gasteiger partial charge >= 0.3 is 0 Å². The third kappa shape index (κ3) is 1.52. The number of aromatic nitrogens is 1. The van der Waals surface area contributed by atoms with Gasteiger partial charge in [-0.15, -0.1) is 11.3 Å². The van der Waals surface area contributed by atoms with Crippen molar-refractivity contribution in [1.82, 2.24) is 4.98 Å². The highest BCUT2D eigenvalue weighted by molar-refractivity contribution is 7.16. The van der Waals surface area contributed by atoms with Crippen molar-refractivity contribution < 1.29 is 4.42 Å². The Bertz CT molecular complexity index is 664. The van der Waals surface area contributed by atoms with Crippen molar-refractivity contribution in [2.45, 2.75) is 13.8 Å². The topological polar surface area (TPSA) is 52.0 Å². The molecule has 3 rings (SSSR count). The highest BCUT2D eigenvalue weighted by Crippen LogP contribution is 2.38. The van der Waals surface area contributed by atoms with Crippen LogP contribution in [0, 0.1) is 13.8 Å². The maximum Gasteiger partial charge on any atom is 0.230 e. The third-order valence-corrected chi connectivity index (χ3v) is 3.96. The highest BCUT2D eigenvalue weighted by atomic mass is 32.1. The van der Waals surface area contributed by atoms with Crippen molar-refractivity contribution in [3.8, 4) is 11.5 Å². The van der Waals surface area contributed by atoms with E-state index in [1.807, 2.05) is 31.2 Å². The quantitative estimate of drug-likeness (QED) is 0.709. The second kappa shape index (κ2) is 3.60. The number of benzene rings is 1. The summed E-state index contributed by atoms with van der Waals surface area (Å²) in [5.74, 6) is 0.616. The Morgan fingerprint density at radius 2 is 2.00 bits per heavy atom. The molecule has 0 unspecified atom stereocenters. The lowest BCUT2D eigenvalue weighted by atomic mass is 10.1. The van der Waals surface area contributed by atoms with Gasteiger partial charge < -0.3 is 10.2 Å². The Labute approximate surface area is 103 Å². The molecule has 0 saturated heterocycles. The first kappa shape index (κ1) is 10.4. The van der Waals surface area contributed by atoms with E-state index in [-0.39, 0.29) is 0 Å². The molecule has 0 aliphatic carbocycles. The Morgan fingerprint density at radius 3 is 2.65 bits per heavy atom. The molecule has 0 aliphatic heterocycles. The zero-order chi connectivity index (χ0) is 12.0. The van der Waals surface area contributed by atoms with Crippen LogP contribution in [0.1, 0.15) is 10.4 Å². The minimum absolute atomic E-state index is 0.616. The lowest BCUT2D eigenvalue weighted by molar-refractivity contribution is 0.620. The molecule has 0 saturated carbocycles. The fourth-order valence-electron chi connectivity index (χ4n) is 1.90. The second-order valence-electron chi connectivity index (χ2n) is 4.01. The number of rotatable bonds is 1. The van der Waals surface area contributed by atoms with Gasteiger partial charge in [0.1, 0.15) is 5.52 Å². The summed E-state index contributed by atoms with van der Waals surface area (Å²) in [4.78, 5) is 5.69. The summed E-state index contributed by atoms with van der Waals surface area (Å²) in [5, 5.41) is 0.770. The van der Waals surface area contributed by atoms with E-state index in [9.17, 15) is 0 Å². The van der Waals surface area contributed by atoms with Gasteiger partial charge in [-0.3, -0.25) is 0 Å². The first-order chi connectivity index (χ1) is 8.16. The number of nitrogen functional groups attached to an aromatic ring is 1. The van der Waals surface area contributed by atoms with Gasteiger partial charge in [-0.1, -0.05) is 12.1 Å². The second-order valence-corrected chi connectivity index (χ2v) is 5.27. The maximum absolute atomic E-state index is 6.01. The van der Waals surface area contributed by atoms with Crippen molar-refractivity contribution in [3.63, 3.8) is 0 Å². The van der Waals surface area contributed by atoms with Gasteiger partial charge in [0, 0.05) is 4.88 Å². The Hall–Kier alpha value is -1.81. The molecule has 0 atom stereocenters. The van der Waals surface area contributed by atoms with Crippen LogP contribution in [0.25, 0.3) is 22.6 Å². The van der Waals surface area contributed by atoms with E-state index >= 15 is 0 Å². The van der Waals surface area contributed by atoms with E-state index in [4.69, 9.17) is 10.2 Å². The molecule has 0 bridgehead atoms. The normalized spacial score (nSPS) is 11.2. The van der Waals surface area contributed by atoms with Crippen LogP contribution >= 0.6 is 11.3 Å². The average molecular weight is 244 g/mol. The molecular formula is C13H12N2OS. The molecule has 17 heavy (non-hydrogen) atoms. The number of anilines is 1. The Morgan fingerprint density at radius 1 is 1.24 bits per heavy atom. The average Bonchev–Trinajstić information content (AvgIpc) is 2.81. The summed E-state index contributed by atoms with van der Waals surface area (Å²) in [6.07, 6.45) is 0. The van der Waals surface area contributed by atoms with E-state index in [2.05, 4.69) is 11.9 Å². The van der Waals surface area contributed by atoms with Crippen molar-refractivity contribution in [1.29, 1.82) is 0 Å². The van der Waals surface area contributed by atoms with Crippen molar-refractivity contribution in [2.24, 2.45) is 0 Å². The van der Waals surface area contributed by atoms with Crippen LogP contribution in [-0.2, 0) is 0 Å². The zero-order valence-electron chi connectivity index (χ0n) is 9.65. The lowest BCUT2D eigenvalue weighted by Crippen LogP contribution is -1.85. The number of nitrogens with zero attached hydrogens (tertiary/aromatic N) is 1. The van der Waals surface area contributed by atoms with Crippen LogP contribution in [0.4, 0.5) is 5.00 Å². The van der Waals surface area contributed by atoms with Gasteiger partial charge in [-0.05, 0) is 31.5 Å². The van der Waals surface area contributed by atoms with Crippen LogP contribution in [0.2, 0.25) is 0 Å². The lowest BCUT2D eigenvalue weighted by Gasteiger charge is -1.95. The van der Waals surface area contributed by atoms with Crippen molar-refractivity contribution >= 4 is 27.4 Å². The molecule has 3 aromatic rings. The molecule has 0 aliphatic rings. The number of fused-ring (bicyclic) bond motifs is 1. The molecule has 0 spiro atoms. The standard InChI is InChI=1S/C13H12N2OS/c1-7-8(2)17-12(14)11(7)13-15-9-5-3-4-6-10(9)16-13/h3-6H,14H2,1-2H3. The summed E-state index contributed by atoms with van der Waals surface area (Å²) < 4.78 is 5.74. The fourth-order valence-corrected chi connectivity index (χ4v) is 2.83. The van der Waals surface area contributed by atoms with Crippen molar-refractivity contribution in [2.75, 3.05) is 5.73 Å². The Kier molecular flexibility index (Phi) is 2.19. The minimum Gasteiger partial charge on any atom is -0.436 e. The number of aryl methyl sites for hydroxylation is 1. The number of hydrogen-bond donors (Lipinski definition) is 1. The number of nitrogens with two attached hydrogens (primary N) is 1. The number of thiophene rings is 1. The van der Waals surface area contributed by atoms with Gasteiger partial charge in [0.15, 0.2) is 5.58 Å². The molecule has 1 aromatic carbocycles. The zero-order valence-corrected chi connectivity index (χ0v) is 10.5. The molecule has 86 valence electrons. The summed E-state index contributed by atoms with van der Waals surface area (Å²) in [7, 11) is 0. The maximum atomic E-state index is 6.01. The molecule has 0 fully saturated rings. The van der Waals surface area contributed by atoms with Gasteiger partial charge in [-0.2, -0.15) is 0 Å². The van der Waals surface area contributed by atoms with E-state index in [0.29, 0.717) is 5.89 Å². The van der Waals surface area contributed by atoms with Gasteiger partial charge in [0.05, 0.1) is 10.6 Å². The van der Waals surface area contributed by atoms with E-state index in [1.54, 1.807) is 11.3 Å². The molecule has 2 aromatic heterocycles. The van der Waals surface area contributed by atoms with E-state index in [0.717, 1.165) is 27.2 Å². The molecule has 4 heteroatoms. The van der Waals surface area contributed by atoms with Crippen LogP contribution in [0.5, 0.6) is 0 Å². The predicted molar refractivity (Wildman–Crippen MR) is 71.2 cm³/mol. The number of oxazole rings is 1. The van der Waals surface area contributed by atoms with Crippen molar-refractivity contribution in [3.05, 3.63) is 34.7 Å². The van der Waals surface area contributed by atoms with Crippen LogP contribution < -0.4 is 5.73 Å². The smallest absolute Gasteiger partial charge is 0.230 e. The van der Waals surface area contributed by atoms with Gasteiger partial charge in [0.2, 0.25) is 5.89 Å². The van der Waals surface area contributed by atoms with Crippen LogP contribution in [0.3, 0.4) is 0 Å². The summed E-state index contributed by atoms with van der Waals surface area (Å²) in [5.41, 5.74) is 9.76. The Balaban J connectivity index is 2.27. The van der Waals surface area contributed by atoms with E-state index in [1.165, 1.54) is 4.88 Å². The predicted octanol–water partition coefficient (Wildman–Crippen LogP) is 3.76. The monoisotopic (exact) mass is 244 g/mol. The largest absolute Gasteiger partial charge is 0.436 e. The summed E-state index contributed by atoms with van der Waals surface area (Å²) in [6.45, 7) is 4.11. The number of hydrogen-bond acceptors (Lipinski definition) is 4. The summed E-state index contributed by atoms with van der Waals surface area (Å²) >= 11 is 1.58. The van der Waals surface area contributed by atoms with E-state index < -0.39 is 0 Å². The SMILES string of the molecule is Cc1sc(N)c(-c2nc3ccccc3o2)c1C. The molecule has 0 radical (unpaired) electrons. The number of para-hydroxylation sites is 2. The van der Waals surface area contributed by atoms with Gasteiger partial charge in [-0.25, -0.2) is 4.98 Å². The first-order valence-electron chi connectivity index (χ1n) is 5.38. The molecular weight excluding hydrogens is 232 g/mol. The molecule has 2 N–H and O–H groups in total. The summed E-state index contributed by atoms with van der Waals surface area (Å²) in [6, 6.07) is 7.74. The molecule has 0 amide bonds. The third-order valence-electron chi connectivity index (χ3n) is 2.92. The molecule has 3 nitrogen and oxygen atoms in total.